The van der Waals surface area contributed by atoms with Crippen LogP contribution in [-0.4, -0.2) is 6.54 Å². The van der Waals surface area contributed by atoms with Crippen molar-refractivity contribution in [3.8, 4) is 0 Å². The molecule has 0 atom stereocenters. The summed E-state index contributed by atoms with van der Waals surface area (Å²) in [6, 6.07) is 0. The monoisotopic (exact) mass is 241 g/mol. The highest BCUT2D eigenvalue weighted by molar-refractivity contribution is 4.50. The van der Waals surface area contributed by atoms with Crippen LogP contribution in [0.4, 0.5) is 0 Å². The molecule has 104 valence electrons. The van der Waals surface area contributed by atoms with Gasteiger partial charge in [-0.1, -0.05) is 84.5 Å². The number of hydrogen-bond acceptors (Lipinski definition) is 1. The lowest BCUT2D eigenvalue weighted by Crippen LogP contribution is -1.97. The molecule has 17 heavy (non-hydrogen) atoms. The molecule has 0 saturated carbocycles. The maximum absolute atomic E-state index is 5.47. The largest absolute Gasteiger partial charge is 0.330 e. The summed E-state index contributed by atoms with van der Waals surface area (Å²) in [6.07, 6.45) is 17.0. The van der Waals surface area contributed by atoms with E-state index in [0.717, 1.165) is 12.5 Å². The molecule has 0 aliphatic carbocycles. The standard InChI is InChI=1S/C16H35N/c1-16(2)14-12-10-8-6-4-3-5-7-9-11-13-15-17/h16H,3-15,17H2,1-2H3. The molecule has 0 radical (unpaired) electrons. The fourth-order valence-electron chi connectivity index (χ4n) is 2.29. The van der Waals surface area contributed by atoms with Gasteiger partial charge in [0.25, 0.3) is 0 Å². The molecule has 0 bridgehead atoms. The zero-order valence-corrected chi connectivity index (χ0v) is 12.3. The normalized spacial score (nSPS) is 11.3. The van der Waals surface area contributed by atoms with Crippen LogP contribution in [0.1, 0.15) is 90.9 Å². The van der Waals surface area contributed by atoms with Crippen LogP contribution in [0.5, 0.6) is 0 Å². The first-order valence-electron chi connectivity index (χ1n) is 7.97. The Morgan fingerprint density at radius 1 is 0.588 bits per heavy atom. The number of nitrogens with two attached hydrogens (primary N) is 1. The Bertz CT molecular complexity index is 131. The molecule has 0 spiro atoms. The van der Waals surface area contributed by atoms with Crippen molar-refractivity contribution in [3.05, 3.63) is 0 Å². The fraction of sp³-hybridized carbons (Fsp3) is 1.00. The Morgan fingerprint density at radius 3 is 1.29 bits per heavy atom. The van der Waals surface area contributed by atoms with Crippen LogP contribution in [0.3, 0.4) is 0 Å². The minimum Gasteiger partial charge on any atom is -0.330 e. The minimum absolute atomic E-state index is 0.871. The Kier molecular flexibility index (Phi) is 14.0. The molecule has 0 aromatic rings. The lowest BCUT2D eigenvalue weighted by molar-refractivity contribution is 0.504. The predicted molar refractivity (Wildman–Crippen MR) is 79.3 cm³/mol. The fourth-order valence-corrected chi connectivity index (χ4v) is 2.29. The molecule has 0 aromatic carbocycles. The van der Waals surface area contributed by atoms with Crippen molar-refractivity contribution in [2.75, 3.05) is 6.54 Å². The SMILES string of the molecule is CC(C)CCCCCCCCCCCCCN. The van der Waals surface area contributed by atoms with Crippen LogP contribution in [0, 0.1) is 5.92 Å². The third-order valence-electron chi connectivity index (χ3n) is 3.49. The van der Waals surface area contributed by atoms with Crippen molar-refractivity contribution < 1.29 is 0 Å². The van der Waals surface area contributed by atoms with Crippen LogP contribution in [0.2, 0.25) is 0 Å². The summed E-state index contributed by atoms with van der Waals surface area (Å²) in [5.74, 6) is 0.892. The number of hydrogen-bond donors (Lipinski definition) is 1. The van der Waals surface area contributed by atoms with Gasteiger partial charge in [-0.25, -0.2) is 0 Å². The number of rotatable bonds is 13. The second-order valence-corrected chi connectivity index (χ2v) is 5.86. The summed E-state index contributed by atoms with van der Waals surface area (Å²) in [4.78, 5) is 0. The van der Waals surface area contributed by atoms with Gasteiger partial charge in [0, 0.05) is 0 Å². The van der Waals surface area contributed by atoms with Gasteiger partial charge >= 0.3 is 0 Å². The highest BCUT2D eigenvalue weighted by atomic mass is 14.5. The molecule has 0 rings (SSSR count). The molecular weight excluding hydrogens is 206 g/mol. The zero-order valence-electron chi connectivity index (χ0n) is 12.3. The van der Waals surface area contributed by atoms with Crippen molar-refractivity contribution in [1.82, 2.24) is 0 Å². The highest BCUT2D eigenvalue weighted by Crippen LogP contribution is 2.13. The molecular formula is C16H35N. The van der Waals surface area contributed by atoms with E-state index in [0.29, 0.717) is 0 Å². The molecule has 0 aliphatic rings. The molecule has 1 heteroatoms. The van der Waals surface area contributed by atoms with Gasteiger partial charge in [-0.2, -0.15) is 0 Å². The van der Waals surface area contributed by atoms with E-state index < -0.39 is 0 Å². The molecule has 0 aliphatic heterocycles. The average Bonchev–Trinajstić information content (AvgIpc) is 2.30. The average molecular weight is 241 g/mol. The van der Waals surface area contributed by atoms with E-state index in [4.69, 9.17) is 5.73 Å². The summed E-state index contributed by atoms with van der Waals surface area (Å²) in [7, 11) is 0. The van der Waals surface area contributed by atoms with Gasteiger partial charge in [0.05, 0.1) is 0 Å². The molecule has 0 amide bonds. The van der Waals surface area contributed by atoms with Gasteiger partial charge in [0.2, 0.25) is 0 Å². The van der Waals surface area contributed by atoms with Gasteiger partial charge in [0.15, 0.2) is 0 Å². The van der Waals surface area contributed by atoms with Gasteiger partial charge in [-0.3, -0.25) is 0 Å². The smallest absolute Gasteiger partial charge is 0.00773 e. The van der Waals surface area contributed by atoms with E-state index in [2.05, 4.69) is 13.8 Å². The molecule has 0 heterocycles. The first kappa shape index (κ1) is 17.0. The third kappa shape index (κ3) is 16.0. The molecule has 0 fully saturated rings. The van der Waals surface area contributed by atoms with Crippen LogP contribution in [0.25, 0.3) is 0 Å². The number of unbranched alkanes of at least 4 members (excludes halogenated alkanes) is 10. The van der Waals surface area contributed by atoms with Gasteiger partial charge in [-0.15, -0.1) is 0 Å². The summed E-state index contributed by atoms with van der Waals surface area (Å²) in [5.41, 5.74) is 5.47. The van der Waals surface area contributed by atoms with E-state index in [1.54, 1.807) is 0 Å². The van der Waals surface area contributed by atoms with Crippen molar-refractivity contribution in [3.63, 3.8) is 0 Å². The van der Waals surface area contributed by atoms with Crippen LogP contribution in [0.15, 0.2) is 0 Å². The topological polar surface area (TPSA) is 26.0 Å². The Hall–Kier alpha value is -0.0400. The van der Waals surface area contributed by atoms with E-state index in [1.807, 2.05) is 0 Å². The van der Waals surface area contributed by atoms with Crippen molar-refractivity contribution >= 4 is 0 Å². The second-order valence-electron chi connectivity index (χ2n) is 5.86. The van der Waals surface area contributed by atoms with E-state index >= 15 is 0 Å². The van der Waals surface area contributed by atoms with Gasteiger partial charge in [0.1, 0.15) is 0 Å². The Morgan fingerprint density at radius 2 is 0.941 bits per heavy atom. The van der Waals surface area contributed by atoms with E-state index in [-0.39, 0.29) is 0 Å². The lowest BCUT2D eigenvalue weighted by atomic mass is 10.0. The predicted octanol–water partition coefficient (Wildman–Crippen LogP) is 5.28. The first-order chi connectivity index (χ1) is 8.27. The quantitative estimate of drug-likeness (QED) is 0.436. The van der Waals surface area contributed by atoms with Crippen LogP contribution < -0.4 is 5.73 Å². The maximum atomic E-state index is 5.47. The van der Waals surface area contributed by atoms with Crippen molar-refractivity contribution in [2.45, 2.75) is 90.9 Å². The van der Waals surface area contributed by atoms with Crippen molar-refractivity contribution in [2.24, 2.45) is 11.7 Å². The summed E-state index contributed by atoms with van der Waals surface area (Å²) >= 11 is 0. The van der Waals surface area contributed by atoms with E-state index in [9.17, 15) is 0 Å². The summed E-state index contributed by atoms with van der Waals surface area (Å²) in [6.45, 7) is 5.52. The second kappa shape index (κ2) is 14.0. The maximum Gasteiger partial charge on any atom is -0.00773 e. The molecule has 0 unspecified atom stereocenters. The first-order valence-corrected chi connectivity index (χ1v) is 7.97. The lowest BCUT2D eigenvalue weighted by Gasteiger charge is -2.04. The molecule has 0 aromatic heterocycles. The van der Waals surface area contributed by atoms with Gasteiger partial charge < -0.3 is 5.73 Å². The highest BCUT2D eigenvalue weighted by Gasteiger charge is 1.95. The van der Waals surface area contributed by atoms with Crippen LogP contribution in [-0.2, 0) is 0 Å². The Balaban J connectivity index is 2.89. The zero-order chi connectivity index (χ0) is 12.8. The van der Waals surface area contributed by atoms with Gasteiger partial charge in [-0.05, 0) is 18.9 Å². The molecule has 1 nitrogen and oxygen atoms in total. The van der Waals surface area contributed by atoms with Crippen LogP contribution >= 0.6 is 0 Å². The van der Waals surface area contributed by atoms with E-state index in [1.165, 1.54) is 77.0 Å². The summed E-state index contributed by atoms with van der Waals surface area (Å²) < 4.78 is 0. The summed E-state index contributed by atoms with van der Waals surface area (Å²) in [5, 5.41) is 0. The third-order valence-corrected chi connectivity index (χ3v) is 3.49. The molecule has 2 N–H and O–H groups in total. The minimum atomic E-state index is 0.871. The molecule has 0 saturated heterocycles. The van der Waals surface area contributed by atoms with Crippen molar-refractivity contribution in [1.29, 1.82) is 0 Å². The Labute approximate surface area is 110 Å².